The van der Waals surface area contributed by atoms with Crippen molar-refractivity contribution in [2.45, 2.75) is 18.6 Å². The minimum absolute atomic E-state index is 0.228. The van der Waals surface area contributed by atoms with Crippen LogP contribution in [0, 0.1) is 0 Å². The minimum Gasteiger partial charge on any atom is -0.479 e. The van der Waals surface area contributed by atoms with Crippen molar-refractivity contribution in [3.63, 3.8) is 0 Å². The highest BCUT2D eigenvalue weighted by atomic mass is 16.4. The van der Waals surface area contributed by atoms with Crippen molar-refractivity contribution in [2.75, 3.05) is 19.8 Å². The van der Waals surface area contributed by atoms with Crippen molar-refractivity contribution in [3.05, 3.63) is 0 Å². The van der Waals surface area contributed by atoms with E-state index in [1.807, 2.05) is 0 Å². The predicted molar refractivity (Wildman–Crippen MR) is 44.2 cm³/mol. The van der Waals surface area contributed by atoms with E-state index in [4.69, 9.17) is 15.3 Å². The molecule has 0 heterocycles. The second-order valence-corrected chi connectivity index (χ2v) is 3.02. The second kappa shape index (κ2) is 5.13. The van der Waals surface area contributed by atoms with Gasteiger partial charge in [0.15, 0.2) is 5.60 Å². The van der Waals surface area contributed by atoms with E-state index in [0.717, 1.165) is 6.92 Å². The fourth-order valence-corrected chi connectivity index (χ4v) is 0.606. The molecule has 6 nitrogen and oxygen atoms in total. The van der Waals surface area contributed by atoms with Crippen LogP contribution in [0.4, 0.5) is 0 Å². The number of aliphatic hydroxyl groups is 3. The molecule has 0 aliphatic carbocycles. The smallest absolute Gasteiger partial charge is 0.336 e. The van der Waals surface area contributed by atoms with E-state index in [1.54, 1.807) is 0 Å². The van der Waals surface area contributed by atoms with Crippen LogP contribution >= 0.6 is 0 Å². The molecule has 6 heteroatoms. The number of aliphatic hydroxyl groups excluding tert-OH is 2. The van der Waals surface area contributed by atoms with E-state index >= 15 is 0 Å². The van der Waals surface area contributed by atoms with Crippen molar-refractivity contribution >= 4 is 5.97 Å². The second-order valence-electron chi connectivity index (χ2n) is 3.02. The summed E-state index contributed by atoms with van der Waals surface area (Å²) in [6.07, 6.45) is 0. The molecule has 0 bridgehead atoms. The maximum atomic E-state index is 10.4. The van der Waals surface area contributed by atoms with E-state index in [9.17, 15) is 9.90 Å². The Morgan fingerprint density at radius 2 is 1.92 bits per heavy atom. The van der Waals surface area contributed by atoms with Gasteiger partial charge in [0.2, 0.25) is 0 Å². The first-order valence-electron chi connectivity index (χ1n) is 3.85. The van der Waals surface area contributed by atoms with Gasteiger partial charge in [0, 0.05) is 6.54 Å². The third-order valence-electron chi connectivity index (χ3n) is 1.64. The van der Waals surface area contributed by atoms with Gasteiger partial charge in [-0.05, 0) is 6.92 Å². The Hall–Kier alpha value is -0.690. The van der Waals surface area contributed by atoms with Crippen LogP contribution < -0.4 is 5.32 Å². The third kappa shape index (κ3) is 4.18. The zero-order valence-electron chi connectivity index (χ0n) is 7.40. The first-order valence-corrected chi connectivity index (χ1v) is 3.85. The first kappa shape index (κ1) is 12.3. The average Bonchev–Trinajstić information content (AvgIpc) is 2.06. The number of carboxylic acids is 1. The lowest BCUT2D eigenvalue weighted by Crippen LogP contribution is -2.49. The summed E-state index contributed by atoms with van der Waals surface area (Å²) in [5, 5.41) is 37.4. The zero-order valence-corrected chi connectivity index (χ0v) is 7.40. The van der Waals surface area contributed by atoms with Gasteiger partial charge < -0.3 is 25.7 Å². The van der Waals surface area contributed by atoms with Gasteiger partial charge in [-0.25, -0.2) is 4.79 Å². The highest BCUT2D eigenvalue weighted by Crippen LogP contribution is 2.01. The summed E-state index contributed by atoms with van der Waals surface area (Å²) in [4.78, 5) is 10.4. The van der Waals surface area contributed by atoms with Crippen molar-refractivity contribution in [3.8, 4) is 0 Å². The summed E-state index contributed by atoms with van der Waals surface area (Å²) in [6, 6.07) is -0.606. The molecule has 0 saturated carbocycles. The van der Waals surface area contributed by atoms with Crippen LogP contribution in [0.3, 0.4) is 0 Å². The highest BCUT2D eigenvalue weighted by molar-refractivity contribution is 5.76. The lowest BCUT2D eigenvalue weighted by molar-refractivity contribution is -0.156. The molecule has 1 unspecified atom stereocenters. The van der Waals surface area contributed by atoms with Crippen molar-refractivity contribution in [1.82, 2.24) is 5.32 Å². The number of hydrogen-bond acceptors (Lipinski definition) is 5. The normalized spacial score (nSPS) is 15.8. The molecule has 0 saturated heterocycles. The van der Waals surface area contributed by atoms with Gasteiger partial charge in [-0.1, -0.05) is 0 Å². The van der Waals surface area contributed by atoms with Gasteiger partial charge in [-0.15, -0.1) is 0 Å². The number of carboxylic acid groups (broad SMARTS) is 1. The molecular weight excluding hydrogens is 178 g/mol. The van der Waals surface area contributed by atoms with Gasteiger partial charge in [0.1, 0.15) is 0 Å². The quantitative estimate of drug-likeness (QED) is 0.326. The molecule has 0 aliphatic heterocycles. The van der Waals surface area contributed by atoms with E-state index < -0.39 is 17.6 Å². The van der Waals surface area contributed by atoms with Gasteiger partial charge in [0.05, 0.1) is 19.3 Å². The minimum atomic E-state index is -1.89. The Balaban J connectivity index is 3.92. The molecule has 0 fully saturated rings. The fourth-order valence-electron chi connectivity index (χ4n) is 0.606. The molecule has 0 amide bonds. The SMILES string of the molecule is CC(O)(CNC(CO)CO)C(=O)O. The standard InChI is InChI=1S/C7H15NO5/c1-7(13,6(11)12)4-8-5(2-9)3-10/h5,8-10,13H,2-4H2,1H3,(H,11,12). The van der Waals surface area contributed by atoms with E-state index in [2.05, 4.69) is 5.32 Å². The topological polar surface area (TPSA) is 110 Å². The number of carbonyl (C=O) groups is 1. The molecule has 1 atom stereocenters. The molecule has 13 heavy (non-hydrogen) atoms. The maximum absolute atomic E-state index is 10.4. The summed E-state index contributed by atoms with van der Waals surface area (Å²) < 4.78 is 0. The summed E-state index contributed by atoms with van der Waals surface area (Å²) in [7, 11) is 0. The number of nitrogens with one attached hydrogen (secondary N) is 1. The largest absolute Gasteiger partial charge is 0.479 e. The highest BCUT2D eigenvalue weighted by Gasteiger charge is 2.30. The predicted octanol–water partition coefficient (Wildman–Crippen LogP) is -2.24. The first-order chi connectivity index (χ1) is 5.94. The zero-order chi connectivity index (χ0) is 10.5. The molecule has 0 aromatic heterocycles. The summed E-state index contributed by atoms with van der Waals surface area (Å²) in [5.74, 6) is -1.35. The lowest BCUT2D eigenvalue weighted by Gasteiger charge is -2.21. The molecule has 0 aromatic carbocycles. The number of rotatable bonds is 6. The van der Waals surface area contributed by atoms with Crippen LogP contribution in [0.25, 0.3) is 0 Å². The van der Waals surface area contributed by atoms with Crippen LogP contribution in [-0.4, -0.2) is 57.8 Å². The van der Waals surface area contributed by atoms with Gasteiger partial charge in [0.25, 0.3) is 0 Å². The fraction of sp³-hybridized carbons (Fsp3) is 0.857. The van der Waals surface area contributed by atoms with Crippen molar-refractivity contribution < 1.29 is 25.2 Å². The monoisotopic (exact) mass is 193 g/mol. The molecule has 0 radical (unpaired) electrons. The van der Waals surface area contributed by atoms with Gasteiger partial charge >= 0.3 is 5.97 Å². The van der Waals surface area contributed by atoms with Crippen LogP contribution in [0.15, 0.2) is 0 Å². The van der Waals surface area contributed by atoms with Crippen LogP contribution in [0.1, 0.15) is 6.92 Å². The van der Waals surface area contributed by atoms with Gasteiger partial charge in [-0.2, -0.15) is 0 Å². The molecule has 78 valence electrons. The molecular formula is C7H15NO5. The summed E-state index contributed by atoms with van der Waals surface area (Å²) >= 11 is 0. The number of aliphatic carboxylic acids is 1. The molecule has 0 rings (SSSR count). The molecule has 0 aromatic rings. The van der Waals surface area contributed by atoms with E-state index in [1.165, 1.54) is 0 Å². The van der Waals surface area contributed by atoms with E-state index in [-0.39, 0.29) is 19.8 Å². The van der Waals surface area contributed by atoms with E-state index in [0.29, 0.717) is 0 Å². The summed E-state index contributed by atoms with van der Waals surface area (Å²) in [5.41, 5.74) is -1.89. The van der Waals surface area contributed by atoms with Crippen molar-refractivity contribution in [1.29, 1.82) is 0 Å². The van der Waals surface area contributed by atoms with Crippen LogP contribution in [-0.2, 0) is 4.79 Å². The third-order valence-corrected chi connectivity index (χ3v) is 1.64. The van der Waals surface area contributed by atoms with Crippen molar-refractivity contribution in [2.24, 2.45) is 0 Å². The maximum Gasteiger partial charge on any atom is 0.336 e. The number of hydrogen-bond donors (Lipinski definition) is 5. The van der Waals surface area contributed by atoms with Gasteiger partial charge in [-0.3, -0.25) is 0 Å². The Morgan fingerprint density at radius 1 is 1.46 bits per heavy atom. The molecule has 5 N–H and O–H groups in total. The van der Waals surface area contributed by atoms with Crippen LogP contribution in [0.5, 0.6) is 0 Å². The molecule has 0 aliphatic rings. The molecule has 0 spiro atoms. The Morgan fingerprint density at radius 3 is 2.23 bits per heavy atom. The average molecular weight is 193 g/mol. The Labute approximate surface area is 75.8 Å². The Bertz CT molecular complexity index is 166. The summed E-state index contributed by atoms with van der Waals surface area (Å²) in [6.45, 7) is 0.278. The lowest BCUT2D eigenvalue weighted by atomic mass is 10.1. The Kier molecular flexibility index (Phi) is 4.86. The van der Waals surface area contributed by atoms with Crippen LogP contribution in [0.2, 0.25) is 0 Å².